The Balaban J connectivity index is 2.89. The third kappa shape index (κ3) is 3.30. The number of hydrogen-bond donors (Lipinski definition) is 2. The Labute approximate surface area is 96.4 Å². The van der Waals surface area contributed by atoms with Crippen LogP contribution in [0.1, 0.15) is 18.9 Å². The Morgan fingerprint density at radius 3 is 2.31 bits per heavy atom. The van der Waals surface area contributed by atoms with Gasteiger partial charge in [-0.05, 0) is 25.5 Å². The van der Waals surface area contributed by atoms with Gasteiger partial charge in [-0.3, -0.25) is 0 Å². The van der Waals surface area contributed by atoms with Gasteiger partial charge in [0.25, 0.3) is 0 Å². The van der Waals surface area contributed by atoms with E-state index < -0.39 is 16.1 Å². The van der Waals surface area contributed by atoms with E-state index in [1.54, 1.807) is 24.3 Å². The Kier molecular flexibility index (Phi) is 4.46. The van der Waals surface area contributed by atoms with Crippen LogP contribution >= 0.6 is 0 Å². The average Bonchev–Trinajstić information content (AvgIpc) is 2.26. The van der Waals surface area contributed by atoms with Crippen LogP contribution in [0.5, 0.6) is 0 Å². The lowest BCUT2D eigenvalue weighted by Gasteiger charge is -2.14. The van der Waals surface area contributed by atoms with Crippen molar-refractivity contribution in [3.05, 3.63) is 29.8 Å². The average molecular weight is 243 g/mol. The van der Waals surface area contributed by atoms with Gasteiger partial charge in [0.05, 0.1) is 11.5 Å². The Morgan fingerprint density at radius 1 is 1.31 bits per heavy atom. The van der Waals surface area contributed by atoms with E-state index in [2.05, 4.69) is 4.72 Å². The molecule has 0 fully saturated rings. The zero-order chi connectivity index (χ0) is 12.2. The number of hydrogen-bond acceptors (Lipinski definition) is 3. The van der Waals surface area contributed by atoms with Crippen molar-refractivity contribution in [3.63, 3.8) is 0 Å². The standard InChI is InChI=1S/C11H17NO3S/c1-3-10(8-13)12-16(14,15)11-6-4-9(2)5-7-11/h4-7,10,12-13H,3,8H2,1-2H3. The number of rotatable bonds is 5. The Hall–Kier alpha value is -0.910. The maximum Gasteiger partial charge on any atom is 0.240 e. The summed E-state index contributed by atoms with van der Waals surface area (Å²) in [5, 5.41) is 8.95. The topological polar surface area (TPSA) is 66.4 Å². The summed E-state index contributed by atoms with van der Waals surface area (Å²) in [6, 6.07) is 6.18. The van der Waals surface area contributed by atoms with Crippen molar-refractivity contribution < 1.29 is 13.5 Å². The van der Waals surface area contributed by atoms with E-state index in [4.69, 9.17) is 5.11 Å². The van der Waals surface area contributed by atoms with Crippen molar-refractivity contribution in [1.29, 1.82) is 0 Å². The van der Waals surface area contributed by atoms with Crippen molar-refractivity contribution >= 4 is 10.0 Å². The summed E-state index contributed by atoms with van der Waals surface area (Å²) in [6.07, 6.45) is 0.557. The predicted octanol–water partition coefficient (Wildman–Crippen LogP) is 1.04. The molecule has 1 rings (SSSR count). The van der Waals surface area contributed by atoms with Crippen LogP contribution in [0.4, 0.5) is 0 Å². The van der Waals surface area contributed by atoms with E-state index in [0.717, 1.165) is 5.56 Å². The van der Waals surface area contributed by atoms with Gasteiger partial charge < -0.3 is 5.11 Å². The Bertz CT molecular complexity index is 421. The van der Waals surface area contributed by atoms with E-state index >= 15 is 0 Å². The van der Waals surface area contributed by atoms with Gasteiger partial charge >= 0.3 is 0 Å². The smallest absolute Gasteiger partial charge is 0.240 e. The molecule has 0 aromatic heterocycles. The lowest BCUT2D eigenvalue weighted by molar-refractivity contribution is 0.254. The van der Waals surface area contributed by atoms with Crippen LogP contribution in [-0.4, -0.2) is 26.2 Å². The van der Waals surface area contributed by atoms with Crippen LogP contribution in [0.3, 0.4) is 0 Å². The van der Waals surface area contributed by atoms with Crippen LogP contribution in [-0.2, 0) is 10.0 Å². The van der Waals surface area contributed by atoms with Gasteiger partial charge in [0.2, 0.25) is 10.0 Å². The highest BCUT2D eigenvalue weighted by molar-refractivity contribution is 7.89. The summed E-state index contributed by atoms with van der Waals surface area (Å²) < 4.78 is 26.1. The van der Waals surface area contributed by atoms with E-state index in [-0.39, 0.29) is 11.5 Å². The number of aliphatic hydroxyl groups is 1. The van der Waals surface area contributed by atoms with Crippen LogP contribution in [0, 0.1) is 6.92 Å². The zero-order valence-electron chi connectivity index (χ0n) is 9.47. The van der Waals surface area contributed by atoms with Gasteiger partial charge in [0.15, 0.2) is 0 Å². The van der Waals surface area contributed by atoms with Crippen LogP contribution in [0.15, 0.2) is 29.2 Å². The van der Waals surface area contributed by atoms with Gasteiger partial charge in [-0.25, -0.2) is 13.1 Å². The maximum absolute atomic E-state index is 11.8. The van der Waals surface area contributed by atoms with E-state index in [1.165, 1.54) is 0 Å². The van der Waals surface area contributed by atoms with Gasteiger partial charge in [0.1, 0.15) is 0 Å². The van der Waals surface area contributed by atoms with Crippen LogP contribution in [0.25, 0.3) is 0 Å². The molecule has 0 heterocycles. The van der Waals surface area contributed by atoms with Gasteiger partial charge in [-0.2, -0.15) is 0 Å². The zero-order valence-corrected chi connectivity index (χ0v) is 10.3. The molecule has 90 valence electrons. The first-order valence-electron chi connectivity index (χ1n) is 5.19. The second-order valence-corrected chi connectivity index (χ2v) is 5.44. The third-order valence-electron chi connectivity index (χ3n) is 2.37. The van der Waals surface area contributed by atoms with E-state index in [1.807, 2.05) is 13.8 Å². The molecule has 0 saturated heterocycles. The third-order valence-corrected chi connectivity index (χ3v) is 3.90. The highest BCUT2D eigenvalue weighted by atomic mass is 32.2. The second-order valence-electron chi connectivity index (χ2n) is 3.72. The van der Waals surface area contributed by atoms with Gasteiger partial charge in [-0.1, -0.05) is 24.6 Å². The van der Waals surface area contributed by atoms with Crippen molar-refractivity contribution in [3.8, 4) is 0 Å². The SMILES string of the molecule is CCC(CO)NS(=O)(=O)c1ccc(C)cc1. The van der Waals surface area contributed by atoms with Crippen molar-refractivity contribution in [1.82, 2.24) is 4.72 Å². The molecule has 16 heavy (non-hydrogen) atoms. The van der Waals surface area contributed by atoms with Gasteiger partial charge in [-0.15, -0.1) is 0 Å². The molecule has 0 bridgehead atoms. The first kappa shape index (κ1) is 13.2. The molecule has 0 radical (unpaired) electrons. The van der Waals surface area contributed by atoms with Crippen molar-refractivity contribution in [2.75, 3.05) is 6.61 Å². The lowest BCUT2D eigenvalue weighted by Crippen LogP contribution is -2.36. The lowest BCUT2D eigenvalue weighted by atomic mass is 10.2. The van der Waals surface area contributed by atoms with Crippen molar-refractivity contribution in [2.45, 2.75) is 31.2 Å². The molecule has 1 unspecified atom stereocenters. The minimum Gasteiger partial charge on any atom is -0.395 e. The number of benzene rings is 1. The first-order chi connectivity index (χ1) is 7.49. The molecule has 2 N–H and O–H groups in total. The first-order valence-corrected chi connectivity index (χ1v) is 6.67. The molecule has 1 aromatic rings. The molecule has 0 spiro atoms. The molecule has 5 heteroatoms. The quantitative estimate of drug-likeness (QED) is 0.812. The summed E-state index contributed by atoms with van der Waals surface area (Å²) in [5.74, 6) is 0. The summed E-state index contributed by atoms with van der Waals surface area (Å²) in [5.41, 5.74) is 1.01. The number of sulfonamides is 1. The molecule has 0 aliphatic rings. The molecule has 0 aliphatic carbocycles. The minimum absolute atomic E-state index is 0.193. The minimum atomic E-state index is -3.51. The fourth-order valence-electron chi connectivity index (χ4n) is 1.25. The molecule has 0 saturated carbocycles. The molecule has 0 amide bonds. The largest absolute Gasteiger partial charge is 0.395 e. The molecule has 4 nitrogen and oxygen atoms in total. The summed E-state index contributed by atoms with van der Waals surface area (Å²) in [4.78, 5) is 0.227. The number of nitrogens with one attached hydrogen (secondary N) is 1. The fraction of sp³-hybridized carbons (Fsp3) is 0.455. The molecule has 1 atom stereocenters. The van der Waals surface area contributed by atoms with Crippen LogP contribution in [0.2, 0.25) is 0 Å². The van der Waals surface area contributed by atoms with Crippen LogP contribution < -0.4 is 4.72 Å². The summed E-state index contributed by atoms with van der Waals surface area (Å²) in [7, 11) is -3.51. The normalized spacial score (nSPS) is 13.7. The maximum atomic E-state index is 11.8. The molecule has 0 aliphatic heterocycles. The summed E-state index contributed by atoms with van der Waals surface area (Å²) in [6.45, 7) is 3.52. The molecular weight excluding hydrogens is 226 g/mol. The highest BCUT2D eigenvalue weighted by Gasteiger charge is 2.17. The monoisotopic (exact) mass is 243 g/mol. The van der Waals surface area contributed by atoms with Gasteiger partial charge in [0, 0.05) is 6.04 Å². The number of aryl methyl sites for hydroxylation is 1. The van der Waals surface area contributed by atoms with E-state index in [9.17, 15) is 8.42 Å². The fourth-order valence-corrected chi connectivity index (χ4v) is 2.57. The highest BCUT2D eigenvalue weighted by Crippen LogP contribution is 2.10. The van der Waals surface area contributed by atoms with E-state index in [0.29, 0.717) is 6.42 Å². The molecular formula is C11H17NO3S. The second kappa shape index (κ2) is 5.43. The predicted molar refractivity (Wildman–Crippen MR) is 62.7 cm³/mol. The summed E-state index contributed by atoms with van der Waals surface area (Å²) >= 11 is 0. The Morgan fingerprint density at radius 2 is 1.88 bits per heavy atom. The number of aliphatic hydroxyl groups excluding tert-OH is 1. The molecule has 1 aromatic carbocycles. The van der Waals surface area contributed by atoms with Crippen molar-refractivity contribution in [2.24, 2.45) is 0 Å².